The van der Waals surface area contributed by atoms with Gasteiger partial charge in [-0.25, -0.2) is 9.36 Å². The van der Waals surface area contributed by atoms with Gasteiger partial charge >= 0.3 is 5.69 Å². The quantitative estimate of drug-likeness (QED) is 0.689. The molecule has 0 aliphatic rings. The van der Waals surface area contributed by atoms with Crippen molar-refractivity contribution in [3.63, 3.8) is 0 Å². The topological polar surface area (TPSA) is 78.2 Å². The van der Waals surface area contributed by atoms with Crippen LogP contribution >= 0.6 is 0 Å². The minimum absolute atomic E-state index is 0.0979. The lowest BCUT2D eigenvalue weighted by molar-refractivity contribution is 0.435. The molecule has 3 rings (SSSR count). The molecule has 0 spiro atoms. The zero-order chi connectivity index (χ0) is 14.8. The molecule has 0 atom stereocenters. The molecule has 1 heterocycles. The van der Waals surface area contributed by atoms with Crippen LogP contribution in [0.3, 0.4) is 0 Å². The van der Waals surface area contributed by atoms with Crippen molar-refractivity contribution in [2.24, 2.45) is 0 Å². The van der Waals surface area contributed by atoms with E-state index in [0.29, 0.717) is 17.8 Å². The first-order chi connectivity index (χ1) is 10.1. The van der Waals surface area contributed by atoms with E-state index in [2.05, 4.69) is 4.98 Å². The second-order valence-electron chi connectivity index (χ2n) is 4.75. The minimum Gasteiger partial charge on any atom is -0.508 e. The van der Waals surface area contributed by atoms with Crippen LogP contribution in [0.15, 0.2) is 59.4 Å². The number of phenols is 1. The monoisotopic (exact) mass is 282 g/mol. The number of H-pyrrole nitrogens is 1. The molecule has 0 aliphatic heterocycles. The van der Waals surface area contributed by atoms with Crippen LogP contribution < -0.4 is 5.69 Å². The van der Waals surface area contributed by atoms with E-state index in [1.54, 1.807) is 48.5 Å². The Morgan fingerprint density at radius 2 is 1.62 bits per heavy atom. The normalized spacial score (nSPS) is 10.7. The number of para-hydroxylation sites is 1. The van der Waals surface area contributed by atoms with Gasteiger partial charge in [0.1, 0.15) is 5.75 Å². The van der Waals surface area contributed by atoms with Gasteiger partial charge in [-0.2, -0.15) is 0 Å². The molecule has 0 aliphatic carbocycles. The highest BCUT2D eigenvalue weighted by atomic mass is 16.3. The molecule has 0 unspecified atom stereocenters. The lowest BCUT2D eigenvalue weighted by Crippen LogP contribution is -2.14. The molecule has 5 heteroatoms. The van der Waals surface area contributed by atoms with Crippen molar-refractivity contribution >= 4 is 0 Å². The average molecular weight is 282 g/mol. The fourth-order valence-corrected chi connectivity index (χ4v) is 2.23. The first kappa shape index (κ1) is 13.1. The van der Waals surface area contributed by atoms with Gasteiger partial charge in [0.15, 0.2) is 0 Å². The largest absolute Gasteiger partial charge is 0.508 e. The number of hydrogen-bond donors (Lipinski definition) is 3. The molecular weight excluding hydrogens is 268 g/mol. The van der Waals surface area contributed by atoms with Gasteiger partial charge in [-0.1, -0.05) is 30.3 Å². The fraction of sp³-hybridized carbons (Fsp3) is 0.0625. The molecule has 0 amide bonds. The van der Waals surface area contributed by atoms with E-state index in [1.165, 1.54) is 4.57 Å². The van der Waals surface area contributed by atoms with Crippen molar-refractivity contribution in [2.75, 3.05) is 0 Å². The number of nitrogens with one attached hydrogen (secondary N) is 1. The molecule has 0 saturated heterocycles. The molecule has 0 bridgehead atoms. The van der Waals surface area contributed by atoms with Gasteiger partial charge in [0.2, 0.25) is 5.88 Å². The van der Waals surface area contributed by atoms with Crippen LogP contribution in [0.2, 0.25) is 0 Å². The third-order valence-corrected chi connectivity index (χ3v) is 3.27. The predicted molar refractivity (Wildman–Crippen MR) is 79.0 cm³/mol. The molecule has 0 saturated carbocycles. The van der Waals surface area contributed by atoms with Gasteiger partial charge in [0.05, 0.1) is 11.4 Å². The van der Waals surface area contributed by atoms with Crippen LogP contribution in [0.4, 0.5) is 0 Å². The fourth-order valence-electron chi connectivity index (χ4n) is 2.23. The smallest absolute Gasteiger partial charge is 0.333 e. The molecule has 3 aromatic rings. The maximum Gasteiger partial charge on any atom is 0.333 e. The number of hydrogen-bond acceptors (Lipinski definition) is 3. The molecule has 0 fully saturated rings. The number of aromatic amines is 1. The second kappa shape index (κ2) is 5.20. The first-order valence-electron chi connectivity index (χ1n) is 6.51. The molecule has 21 heavy (non-hydrogen) atoms. The van der Waals surface area contributed by atoms with Crippen molar-refractivity contribution in [3.05, 3.63) is 76.3 Å². The third kappa shape index (κ3) is 2.53. The van der Waals surface area contributed by atoms with Crippen molar-refractivity contribution in [2.45, 2.75) is 6.42 Å². The predicted octanol–water partition coefficient (Wildman–Crippen LogP) is 2.17. The molecule has 1 aromatic heterocycles. The van der Waals surface area contributed by atoms with Gasteiger partial charge in [-0.05, 0) is 29.8 Å². The van der Waals surface area contributed by atoms with Crippen LogP contribution in [0.5, 0.6) is 11.6 Å². The van der Waals surface area contributed by atoms with Gasteiger partial charge in [0.25, 0.3) is 0 Å². The zero-order valence-corrected chi connectivity index (χ0v) is 11.2. The highest BCUT2D eigenvalue weighted by Crippen LogP contribution is 2.21. The van der Waals surface area contributed by atoms with E-state index < -0.39 is 0 Å². The molecule has 2 aromatic carbocycles. The summed E-state index contributed by atoms with van der Waals surface area (Å²) in [5.41, 5.74) is 1.54. The molecule has 106 valence electrons. The number of imidazole rings is 1. The van der Waals surface area contributed by atoms with Crippen LogP contribution in [-0.2, 0) is 6.42 Å². The lowest BCUT2D eigenvalue weighted by Gasteiger charge is -2.04. The van der Waals surface area contributed by atoms with Gasteiger partial charge < -0.3 is 15.2 Å². The molecular formula is C16H14N2O3. The van der Waals surface area contributed by atoms with Crippen molar-refractivity contribution in [1.29, 1.82) is 0 Å². The van der Waals surface area contributed by atoms with Gasteiger partial charge in [-0.15, -0.1) is 0 Å². The van der Waals surface area contributed by atoms with Crippen LogP contribution in [0.25, 0.3) is 5.69 Å². The summed E-state index contributed by atoms with van der Waals surface area (Å²) in [5.74, 6) is 0.0811. The summed E-state index contributed by atoms with van der Waals surface area (Å²) in [4.78, 5) is 14.7. The van der Waals surface area contributed by atoms with E-state index in [4.69, 9.17) is 0 Å². The Morgan fingerprint density at radius 3 is 2.29 bits per heavy atom. The van der Waals surface area contributed by atoms with Crippen LogP contribution in [0, 0.1) is 0 Å². The second-order valence-corrected chi connectivity index (χ2v) is 4.75. The maximum absolute atomic E-state index is 12.0. The third-order valence-electron chi connectivity index (χ3n) is 3.27. The standard InChI is InChI=1S/C16H14N2O3/c19-13-8-6-11(7-9-13)10-14-15(20)18(16(21)17-14)12-4-2-1-3-5-12/h1-9,19-20H,10H2,(H,17,21). The van der Waals surface area contributed by atoms with Gasteiger partial charge in [0, 0.05) is 6.42 Å². The summed E-state index contributed by atoms with van der Waals surface area (Å²) in [6.07, 6.45) is 0.376. The maximum atomic E-state index is 12.0. The van der Waals surface area contributed by atoms with E-state index in [1.807, 2.05) is 6.07 Å². The summed E-state index contributed by atoms with van der Waals surface area (Å²) in [5, 5.41) is 19.5. The van der Waals surface area contributed by atoms with Crippen molar-refractivity contribution in [1.82, 2.24) is 9.55 Å². The average Bonchev–Trinajstić information content (AvgIpc) is 2.77. The number of nitrogens with zero attached hydrogens (tertiary/aromatic N) is 1. The SMILES string of the molecule is O=c1[nH]c(Cc2ccc(O)cc2)c(O)n1-c1ccccc1. The van der Waals surface area contributed by atoms with Crippen molar-refractivity contribution < 1.29 is 10.2 Å². The van der Waals surface area contributed by atoms with E-state index in [-0.39, 0.29) is 17.3 Å². The Kier molecular flexibility index (Phi) is 3.23. The number of phenolic OH excluding ortho intramolecular Hbond substituents is 1. The first-order valence-corrected chi connectivity index (χ1v) is 6.51. The highest BCUT2D eigenvalue weighted by molar-refractivity contribution is 5.39. The Bertz CT molecular complexity index is 802. The molecule has 5 nitrogen and oxygen atoms in total. The van der Waals surface area contributed by atoms with Crippen molar-refractivity contribution in [3.8, 4) is 17.3 Å². The highest BCUT2D eigenvalue weighted by Gasteiger charge is 2.14. The summed E-state index contributed by atoms with van der Waals surface area (Å²) in [6, 6.07) is 15.6. The van der Waals surface area contributed by atoms with Gasteiger partial charge in [-0.3, -0.25) is 0 Å². The van der Waals surface area contributed by atoms with Crippen LogP contribution in [-0.4, -0.2) is 19.8 Å². The number of aromatic nitrogens is 2. The lowest BCUT2D eigenvalue weighted by atomic mass is 10.1. The minimum atomic E-state index is -0.382. The summed E-state index contributed by atoms with van der Waals surface area (Å²) >= 11 is 0. The number of rotatable bonds is 3. The van der Waals surface area contributed by atoms with E-state index in [0.717, 1.165) is 5.56 Å². The van der Waals surface area contributed by atoms with E-state index in [9.17, 15) is 15.0 Å². The number of aromatic hydroxyl groups is 2. The summed E-state index contributed by atoms with van der Waals surface area (Å²) in [6.45, 7) is 0. The Balaban J connectivity index is 1.98. The zero-order valence-electron chi connectivity index (χ0n) is 11.2. The molecule has 0 radical (unpaired) electrons. The Labute approximate surface area is 120 Å². The Hall–Kier alpha value is -2.95. The number of benzene rings is 2. The van der Waals surface area contributed by atoms with E-state index >= 15 is 0 Å². The summed E-state index contributed by atoms with van der Waals surface area (Å²) < 4.78 is 1.23. The summed E-state index contributed by atoms with van der Waals surface area (Å²) in [7, 11) is 0. The Morgan fingerprint density at radius 1 is 0.952 bits per heavy atom. The van der Waals surface area contributed by atoms with Crippen LogP contribution in [0.1, 0.15) is 11.3 Å². The molecule has 3 N–H and O–H groups in total.